The molecule has 120 valence electrons. The molecule has 0 bridgehead atoms. The molecule has 0 aromatic carbocycles. The van der Waals surface area contributed by atoms with Crippen molar-refractivity contribution in [3.63, 3.8) is 0 Å². The first-order chi connectivity index (χ1) is 11.1. The third-order valence-electron chi connectivity index (χ3n) is 3.56. The molecule has 0 amide bonds. The molecule has 0 aliphatic carbocycles. The SMILES string of the molecule is C=C(CC#N)c1cc(Cn2c(CC)ncc(CCC)c2=O)no1. The Balaban J connectivity index is 2.32. The molecule has 0 N–H and O–H groups in total. The summed E-state index contributed by atoms with van der Waals surface area (Å²) < 4.78 is 6.84. The van der Waals surface area contributed by atoms with Crippen molar-refractivity contribution in [1.29, 1.82) is 5.26 Å². The number of allylic oxidation sites excluding steroid dienone is 1. The highest BCUT2D eigenvalue weighted by Gasteiger charge is 2.13. The first kappa shape index (κ1) is 16.7. The highest BCUT2D eigenvalue weighted by molar-refractivity contribution is 5.60. The Morgan fingerprint density at radius 3 is 2.91 bits per heavy atom. The number of aryl methyl sites for hydroxylation is 2. The monoisotopic (exact) mass is 312 g/mol. The molecule has 0 aliphatic rings. The van der Waals surface area contributed by atoms with Crippen LogP contribution in [0.2, 0.25) is 0 Å². The molecule has 0 unspecified atom stereocenters. The summed E-state index contributed by atoms with van der Waals surface area (Å²) in [4.78, 5) is 17.0. The van der Waals surface area contributed by atoms with Gasteiger partial charge in [-0.05, 0) is 6.42 Å². The van der Waals surface area contributed by atoms with Crippen LogP contribution in [0.3, 0.4) is 0 Å². The topological polar surface area (TPSA) is 84.7 Å². The normalized spacial score (nSPS) is 10.5. The van der Waals surface area contributed by atoms with Gasteiger partial charge in [-0.25, -0.2) is 4.98 Å². The van der Waals surface area contributed by atoms with E-state index in [-0.39, 0.29) is 12.0 Å². The molecule has 2 heterocycles. The quantitative estimate of drug-likeness (QED) is 0.784. The van der Waals surface area contributed by atoms with Crippen molar-refractivity contribution >= 4 is 5.57 Å². The van der Waals surface area contributed by atoms with Gasteiger partial charge < -0.3 is 4.52 Å². The predicted octanol–water partition coefficient (Wildman–Crippen LogP) is 2.72. The molecule has 0 radical (unpaired) electrons. The smallest absolute Gasteiger partial charge is 0.257 e. The average Bonchev–Trinajstić information content (AvgIpc) is 3.00. The lowest BCUT2D eigenvalue weighted by molar-refractivity contribution is 0.399. The van der Waals surface area contributed by atoms with E-state index in [1.165, 1.54) is 0 Å². The maximum absolute atomic E-state index is 12.6. The van der Waals surface area contributed by atoms with Crippen LogP contribution in [0.25, 0.3) is 5.57 Å². The maximum Gasteiger partial charge on any atom is 0.257 e. The lowest BCUT2D eigenvalue weighted by atomic mass is 10.1. The van der Waals surface area contributed by atoms with Gasteiger partial charge in [0.1, 0.15) is 11.5 Å². The molecule has 6 heteroatoms. The number of rotatable bonds is 7. The van der Waals surface area contributed by atoms with Gasteiger partial charge in [-0.3, -0.25) is 9.36 Å². The second kappa shape index (κ2) is 7.54. The zero-order chi connectivity index (χ0) is 16.8. The lowest BCUT2D eigenvalue weighted by Crippen LogP contribution is -2.28. The van der Waals surface area contributed by atoms with Crippen LogP contribution in [0.4, 0.5) is 0 Å². The number of hydrogen-bond acceptors (Lipinski definition) is 5. The zero-order valence-corrected chi connectivity index (χ0v) is 13.5. The minimum atomic E-state index is -0.0286. The van der Waals surface area contributed by atoms with E-state index in [9.17, 15) is 4.79 Å². The van der Waals surface area contributed by atoms with Crippen LogP contribution >= 0.6 is 0 Å². The largest absolute Gasteiger partial charge is 0.356 e. The minimum absolute atomic E-state index is 0.0286. The third kappa shape index (κ3) is 3.75. The fourth-order valence-electron chi connectivity index (χ4n) is 2.35. The van der Waals surface area contributed by atoms with Gasteiger partial charge in [-0.1, -0.05) is 32.0 Å². The standard InChI is InChI=1S/C17H20N4O2/c1-4-6-13-10-19-16(5-2)21(17(13)22)11-14-9-15(23-20-14)12(3)7-8-18/h9-10H,3-7,11H2,1-2H3. The molecule has 0 spiro atoms. The Hall–Kier alpha value is -2.68. The van der Waals surface area contributed by atoms with E-state index in [0.29, 0.717) is 42.0 Å². The predicted molar refractivity (Wildman–Crippen MR) is 86.7 cm³/mol. The Morgan fingerprint density at radius 2 is 2.26 bits per heavy atom. The van der Waals surface area contributed by atoms with Crippen molar-refractivity contribution in [2.75, 3.05) is 0 Å². The van der Waals surface area contributed by atoms with Gasteiger partial charge >= 0.3 is 0 Å². The highest BCUT2D eigenvalue weighted by atomic mass is 16.5. The van der Waals surface area contributed by atoms with Gasteiger partial charge in [0.25, 0.3) is 5.56 Å². The molecule has 0 saturated carbocycles. The van der Waals surface area contributed by atoms with E-state index < -0.39 is 0 Å². The van der Waals surface area contributed by atoms with E-state index in [1.54, 1.807) is 16.8 Å². The summed E-state index contributed by atoms with van der Waals surface area (Å²) in [5, 5.41) is 12.7. The Kier molecular flexibility index (Phi) is 5.47. The second-order valence-corrected chi connectivity index (χ2v) is 5.32. The summed E-state index contributed by atoms with van der Waals surface area (Å²) >= 11 is 0. The Labute approximate surface area is 135 Å². The fraction of sp³-hybridized carbons (Fsp3) is 0.412. The number of hydrogen-bond donors (Lipinski definition) is 0. The molecule has 2 aromatic heterocycles. The third-order valence-corrected chi connectivity index (χ3v) is 3.56. The van der Waals surface area contributed by atoms with E-state index in [2.05, 4.69) is 16.7 Å². The summed E-state index contributed by atoms with van der Waals surface area (Å²) in [6.45, 7) is 8.08. The summed E-state index contributed by atoms with van der Waals surface area (Å²) in [6.07, 6.45) is 4.11. The van der Waals surface area contributed by atoms with Crippen LogP contribution in [0.15, 0.2) is 28.2 Å². The van der Waals surface area contributed by atoms with Crippen molar-refractivity contribution in [3.8, 4) is 6.07 Å². The van der Waals surface area contributed by atoms with Gasteiger partial charge in [-0.2, -0.15) is 5.26 Å². The summed E-state index contributed by atoms with van der Waals surface area (Å²) in [5.41, 5.74) is 1.87. The average molecular weight is 312 g/mol. The number of nitrogens with zero attached hydrogens (tertiary/aromatic N) is 4. The van der Waals surface area contributed by atoms with Crippen LogP contribution in [0.5, 0.6) is 0 Å². The molecule has 23 heavy (non-hydrogen) atoms. The Morgan fingerprint density at radius 1 is 1.48 bits per heavy atom. The van der Waals surface area contributed by atoms with Crippen molar-refractivity contribution in [1.82, 2.24) is 14.7 Å². The fourth-order valence-corrected chi connectivity index (χ4v) is 2.35. The zero-order valence-electron chi connectivity index (χ0n) is 13.5. The second-order valence-electron chi connectivity index (χ2n) is 5.32. The molecule has 2 rings (SSSR count). The first-order valence-electron chi connectivity index (χ1n) is 7.68. The van der Waals surface area contributed by atoms with Crippen molar-refractivity contribution in [2.24, 2.45) is 0 Å². The Bertz CT molecular complexity index is 796. The molecule has 0 saturated heterocycles. The van der Waals surface area contributed by atoms with Crippen molar-refractivity contribution in [3.05, 3.63) is 52.0 Å². The van der Waals surface area contributed by atoms with Gasteiger partial charge in [0.05, 0.1) is 19.0 Å². The summed E-state index contributed by atoms with van der Waals surface area (Å²) in [7, 11) is 0. The van der Waals surface area contributed by atoms with Crippen molar-refractivity contribution < 1.29 is 4.52 Å². The van der Waals surface area contributed by atoms with E-state index in [1.807, 2.05) is 19.9 Å². The van der Waals surface area contributed by atoms with Crippen LogP contribution in [0, 0.1) is 11.3 Å². The molecular weight excluding hydrogens is 292 g/mol. The molecule has 2 aromatic rings. The van der Waals surface area contributed by atoms with Crippen LogP contribution in [0.1, 0.15) is 49.5 Å². The van der Waals surface area contributed by atoms with Crippen LogP contribution < -0.4 is 5.56 Å². The summed E-state index contributed by atoms with van der Waals surface area (Å²) in [6, 6.07) is 3.74. The summed E-state index contributed by atoms with van der Waals surface area (Å²) in [5.74, 6) is 1.19. The highest BCUT2D eigenvalue weighted by Crippen LogP contribution is 2.17. The van der Waals surface area contributed by atoms with E-state index in [0.717, 1.165) is 12.2 Å². The number of nitriles is 1. The van der Waals surface area contributed by atoms with Gasteiger partial charge in [0, 0.05) is 29.8 Å². The lowest BCUT2D eigenvalue weighted by Gasteiger charge is -2.10. The van der Waals surface area contributed by atoms with Gasteiger partial charge in [0.15, 0.2) is 5.76 Å². The minimum Gasteiger partial charge on any atom is -0.356 e. The van der Waals surface area contributed by atoms with Gasteiger partial charge in [-0.15, -0.1) is 0 Å². The van der Waals surface area contributed by atoms with Crippen molar-refractivity contribution in [2.45, 2.75) is 46.1 Å². The van der Waals surface area contributed by atoms with E-state index >= 15 is 0 Å². The number of aromatic nitrogens is 3. The maximum atomic E-state index is 12.6. The first-order valence-corrected chi connectivity index (χ1v) is 7.68. The molecule has 0 atom stereocenters. The molecule has 0 aliphatic heterocycles. The van der Waals surface area contributed by atoms with Crippen LogP contribution in [-0.4, -0.2) is 14.7 Å². The molecule has 0 fully saturated rings. The molecule has 6 nitrogen and oxygen atoms in total. The van der Waals surface area contributed by atoms with Gasteiger partial charge in [0.2, 0.25) is 0 Å². The molecular formula is C17H20N4O2. The van der Waals surface area contributed by atoms with E-state index in [4.69, 9.17) is 9.78 Å². The van der Waals surface area contributed by atoms with Crippen LogP contribution in [-0.2, 0) is 19.4 Å².